The zero-order valence-corrected chi connectivity index (χ0v) is 12.2. The second kappa shape index (κ2) is 5.86. The van der Waals surface area contributed by atoms with Gasteiger partial charge in [0.2, 0.25) is 0 Å². The van der Waals surface area contributed by atoms with Gasteiger partial charge in [-0.15, -0.1) is 10.2 Å². The van der Waals surface area contributed by atoms with Gasteiger partial charge in [0.25, 0.3) is 5.91 Å². The van der Waals surface area contributed by atoms with E-state index >= 15 is 0 Å². The second-order valence-electron chi connectivity index (χ2n) is 5.44. The van der Waals surface area contributed by atoms with Gasteiger partial charge >= 0.3 is 6.55 Å². The van der Waals surface area contributed by atoms with Crippen LogP contribution in [-0.4, -0.2) is 43.2 Å². The van der Waals surface area contributed by atoms with E-state index in [1.54, 1.807) is 30.5 Å². The van der Waals surface area contributed by atoms with Crippen molar-refractivity contribution in [3.05, 3.63) is 36.2 Å². The highest BCUT2D eigenvalue weighted by Crippen LogP contribution is 2.25. The first-order valence-electron chi connectivity index (χ1n) is 7.17. The molecule has 0 bridgehead atoms. The number of piperidine rings is 1. The Labute approximate surface area is 126 Å². The third-order valence-corrected chi connectivity index (χ3v) is 4.15. The molecule has 8 heteroatoms. The van der Waals surface area contributed by atoms with Crippen LogP contribution >= 0.6 is 0 Å². The summed E-state index contributed by atoms with van der Waals surface area (Å²) < 4.78 is 28.9. The van der Waals surface area contributed by atoms with Gasteiger partial charge in [-0.25, -0.2) is 0 Å². The zero-order valence-electron chi connectivity index (χ0n) is 12.2. The second-order valence-corrected chi connectivity index (χ2v) is 5.44. The minimum absolute atomic E-state index is 0.0512. The molecule has 1 amide bonds. The molecular weight excluding hydrogens is 292 g/mol. The zero-order chi connectivity index (χ0) is 15.7. The molecule has 0 N–H and O–H groups in total. The molecule has 0 spiro atoms. The maximum atomic E-state index is 13.1. The number of aromatic nitrogens is 4. The first-order valence-corrected chi connectivity index (χ1v) is 7.17. The molecule has 0 saturated carbocycles. The Morgan fingerprint density at radius 1 is 1.23 bits per heavy atom. The summed E-state index contributed by atoms with van der Waals surface area (Å²) in [5, 5.41) is 7.56. The lowest BCUT2D eigenvalue weighted by atomic mass is 10.0. The topological polar surface area (TPSA) is 56.0 Å². The van der Waals surface area contributed by atoms with Crippen molar-refractivity contribution in [1.29, 1.82) is 0 Å². The van der Waals surface area contributed by atoms with Crippen molar-refractivity contribution in [2.24, 2.45) is 0 Å². The molecule has 1 aliphatic rings. The maximum absolute atomic E-state index is 13.1. The molecule has 1 saturated heterocycles. The van der Waals surface area contributed by atoms with Crippen LogP contribution in [0.15, 0.2) is 24.8 Å². The van der Waals surface area contributed by atoms with Crippen molar-refractivity contribution in [2.45, 2.75) is 32.4 Å². The van der Waals surface area contributed by atoms with E-state index in [0.29, 0.717) is 18.8 Å². The molecule has 0 aliphatic carbocycles. The average molecular weight is 309 g/mol. The van der Waals surface area contributed by atoms with E-state index in [2.05, 4.69) is 10.2 Å². The highest BCUT2D eigenvalue weighted by molar-refractivity contribution is 5.93. The summed E-state index contributed by atoms with van der Waals surface area (Å²) in [5.41, 5.74) is 0.438. The number of carbonyl (C=O) groups excluding carboxylic acids is 1. The largest absolute Gasteiger partial charge is 0.337 e. The summed E-state index contributed by atoms with van der Waals surface area (Å²) in [5.74, 6) is -0.337. The predicted octanol–water partition coefficient (Wildman–Crippen LogP) is 2.26. The Balaban J connectivity index is 1.70. The summed E-state index contributed by atoms with van der Waals surface area (Å²) in [6, 6.07) is 3.27. The van der Waals surface area contributed by atoms with Crippen molar-refractivity contribution in [3.8, 4) is 0 Å². The first kappa shape index (κ1) is 14.7. The Kier molecular flexibility index (Phi) is 3.91. The van der Waals surface area contributed by atoms with Gasteiger partial charge < -0.3 is 9.47 Å². The van der Waals surface area contributed by atoms with E-state index in [9.17, 15) is 13.6 Å². The summed E-state index contributed by atoms with van der Waals surface area (Å²) in [6.07, 6.45) is 4.84. The molecule has 22 heavy (non-hydrogen) atoms. The molecule has 3 rings (SSSR count). The molecule has 0 unspecified atom stereocenters. The highest BCUT2D eigenvalue weighted by atomic mass is 19.3. The summed E-state index contributed by atoms with van der Waals surface area (Å²) >= 11 is 0. The van der Waals surface area contributed by atoms with Crippen molar-refractivity contribution in [1.82, 2.24) is 24.2 Å². The van der Waals surface area contributed by atoms with Crippen LogP contribution in [0.1, 0.15) is 41.6 Å². The summed E-state index contributed by atoms with van der Waals surface area (Å²) in [7, 11) is 0. The van der Waals surface area contributed by atoms with Crippen LogP contribution in [0.5, 0.6) is 0 Å². The third-order valence-electron chi connectivity index (χ3n) is 4.15. The van der Waals surface area contributed by atoms with E-state index in [1.807, 2.05) is 4.57 Å². The van der Waals surface area contributed by atoms with E-state index in [4.69, 9.17) is 0 Å². The van der Waals surface area contributed by atoms with Gasteiger partial charge in [0.05, 0.1) is 0 Å². The van der Waals surface area contributed by atoms with Gasteiger partial charge in [-0.3, -0.25) is 9.36 Å². The molecule has 118 valence electrons. The third kappa shape index (κ3) is 2.60. The van der Waals surface area contributed by atoms with Gasteiger partial charge in [-0.1, -0.05) is 0 Å². The van der Waals surface area contributed by atoms with Crippen LogP contribution in [0.25, 0.3) is 0 Å². The van der Waals surface area contributed by atoms with Crippen LogP contribution in [0.3, 0.4) is 0 Å². The molecule has 6 nitrogen and oxygen atoms in total. The lowest BCUT2D eigenvalue weighted by molar-refractivity contribution is 0.0523. The van der Waals surface area contributed by atoms with Gasteiger partial charge in [-0.05, 0) is 31.9 Å². The summed E-state index contributed by atoms with van der Waals surface area (Å²) in [6.45, 7) is -0.0607. The van der Waals surface area contributed by atoms with Gasteiger partial charge in [-0.2, -0.15) is 8.78 Å². The van der Waals surface area contributed by atoms with Crippen LogP contribution < -0.4 is 0 Å². The molecule has 2 aromatic rings. The molecule has 0 radical (unpaired) electrons. The summed E-state index contributed by atoms with van der Waals surface area (Å²) in [4.78, 5) is 14.1. The van der Waals surface area contributed by atoms with Gasteiger partial charge in [0.1, 0.15) is 18.3 Å². The van der Waals surface area contributed by atoms with E-state index in [1.165, 1.54) is 6.07 Å². The normalized spacial score (nSPS) is 16.5. The molecule has 0 aromatic carbocycles. The Morgan fingerprint density at radius 2 is 1.86 bits per heavy atom. The monoisotopic (exact) mass is 309 g/mol. The minimum Gasteiger partial charge on any atom is -0.337 e. The molecule has 2 aromatic heterocycles. The maximum Gasteiger partial charge on any atom is 0.319 e. The first-order chi connectivity index (χ1) is 10.6. The van der Waals surface area contributed by atoms with Crippen LogP contribution in [0.2, 0.25) is 0 Å². The highest BCUT2D eigenvalue weighted by Gasteiger charge is 2.27. The number of halogens is 2. The van der Waals surface area contributed by atoms with E-state index in [0.717, 1.165) is 17.4 Å². The molecule has 0 atom stereocenters. The molecule has 1 fully saturated rings. The number of amides is 1. The van der Waals surface area contributed by atoms with Crippen LogP contribution in [0.4, 0.5) is 8.78 Å². The number of hydrogen-bond donors (Lipinski definition) is 0. The Hall–Kier alpha value is -2.25. The van der Waals surface area contributed by atoms with E-state index in [-0.39, 0.29) is 17.6 Å². The van der Waals surface area contributed by atoms with Crippen molar-refractivity contribution >= 4 is 5.91 Å². The fourth-order valence-corrected chi connectivity index (χ4v) is 2.91. The van der Waals surface area contributed by atoms with Crippen molar-refractivity contribution in [2.75, 3.05) is 13.1 Å². The predicted molar refractivity (Wildman–Crippen MR) is 74.6 cm³/mol. The average Bonchev–Trinajstić information content (AvgIpc) is 3.16. The van der Waals surface area contributed by atoms with E-state index < -0.39 is 6.55 Å². The molecule has 3 heterocycles. The van der Waals surface area contributed by atoms with Crippen molar-refractivity contribution < 1.29 is 13.6 Å². The number of hydrogen-bond acceptors (Lipinski definition) is 3. The molecular formula is C14H17F2N5O. The lowest BCUT2D eigenvalue weighted by Crippen LogP contribution is -2.39. The fraction of sp³-hybridized carbons (Fsp3) is 0.500. The van der Waals surface area contributed by atoms with Crippen LogP contribution in [0, 0.1) is 6.92 Å². The quantitative estimate of drug-likeness (QED) is 0.874. The standard InChI is InChI=1S/C14H17F2N5O/c1-10-2-3-12(21(10)14(15)16)13(22)19-6-4-11(5-7-19)20-8-17-18-9-20/h2-3,8-9,11,14H,4-7H2,1H3. The number of alkyl halides is 2. The van der Waals surface area contributed by atoms with Gasteiger partial charge in [0.15, 0.2) is 0 Å². The molecule has 1 aliphatic heterocycles. The lowest BCUT2D eigenvalue weighted by Gasteiger charge is -2.32. The Bertz CT molecular complexity index is 644. The minimum atomic E-state index is -2.71. The number of rotatable bonds is 3. The number of nitrogens with zero attached hydrogens (tertiary/aromatic N) is 5. The number of carbonyl (C=O) groups is 1. The van der Waals surface area contributed by atoms with Crippen LogP contribution in [-0.2, 0) is 0 Å². The Morgan fingerprint density at radius 3 is 2.45 bits per heavy atom. The number of likely N-dealkylation sites (tertiary alicyclic amines) is 1. The smallest absolute Gasteiger partial charge is 0.319 e. The van der Waals surface area contributed by atoms with Gasteiger partial charge in [0, 0.05) is 24.8 Å². The number of aryl methyl sites for hydroxylation is 1. The van der Waals surface area contributed by atoms with Crippen molar-refractivity contribution in [3.63, 3.8) is 0 Å². The SMILES string of the molecule is Cc1ccc(C(=O)N2CCC(n3cnnc3)CC2)n1C(F)F. The fourth-order valence-electron chi connectivity index (χ4n) is 2.91.